The molecule has 0 bridgehead atoms. The summed E-state index contributed by atoms with van der Waals surface area (Å²) in [6, 6.07) is 7.43. The predicted molar refractivity (Wildman–Crippen MR) is 61.8 cm³/mol. The van der Waals surface area contributed by atoms with Gasteiger partial charge in [-0.1, -0.05) is 23.7 Å². The van der Waals surface area contributed by atoms with Gasteiger partial charge in [-0.2, -0.15) is 13.2 Å². The van der Waals surface area contributed by atoms with Gasteiger partial charge in [-0.05, 0) is 18.2 Å². The summed E-state index contributed by atoms with van der Waals surface area (Å²) in [7, 11) is 0. The fourth-order valence-corrected chi connectivity index (χ4v) is 1.44. The average Bonchev–Trinajstić information content (AvgIpc) is 2.31. The van der Waals surface area contributed by atoms with Gasteiger partial charge >= 0.3 is 6.18 Å². The predicted octanol–water partition coefficient (Wildman–Crippen LogP) is 3.89. The Morgan fingerprint density at radius 3 is 2.50 bits per heavy atom. The molecule has 0 aliphatic carbocycles. The summed E-state index contributed by atoms with van der Waals surface area (Å²) in [6.45, 7) is 0. The SMILES string of the molecule is FC(F)(F)c1ccnc(Nc2ccccc2Cl)n1. The van der Waals surface area contributed by atoms with Gasteiger partial charge in [0.25, 0.3) is 0 Å². The zero-order valence-electron chi connectivity index (χ0n) is 8.87. The minimum Gasteiger partial charge on any atom is -0.323 e. The Morgan fingerprint density at radius 2 is 1.83 bits per heavy atom. The number of rotatable bonds is 2. The molecule has 0 aliphatic heterocycles. The van der Waals surface area contributed by atoms with Crippen LogP contribution in [0.15, 0.2) is 36.5 Å². The lowest BCUT2D eigenvalue weighted by Gasteiger charge is -2.09. The molecule has 0 spiro atoms. The molecular formula is C11H7ClF3N3. The Hall–Kier alpha value is -1.82. The van der Waals surface area contributed by atoms with E-state index >= 15 is 0 Å². The number of aromatic nitrogens is 2. The number of benzene rings is 1. The number of para-hydroxylation sites is 1. The van der Waals surface area contributed by atoms with Crippen LogP contribution in [0, 0.1) is 0 Å². The summed E-state index contributed by atoms with van der Waals surface area (Å²) in [5.74, 6) is -0.155. The summed E-state index contributed by atoms with van der Waals surface area (Å²) in [5.41, 5.74) is -0.564. The van der Waals surface area contributed by atoms with Crippen LogP contribution in [-0.4, -0.2) is 9.97 Å². The second-order valence-electron chi connectivity index (χ2n) is 3.37. The molecule has 1 heterocycles. The third-order valence-electron chi connectivity index (χ3n) is 2.07. The third kappa shape index (κ3) is 2.89. The molecule has 0 saturated heterocycles. The van der Waals surface area contributed by atoms with Crippen molar-refractivity contribution in [1.82, 2.24) is 9.97 Å². The number of anilines is 2. The Kier molecular flexibility index (Phi) is 3.38. The third-order valence-corrected chi connectivity index (χ3v) is 2.40. The highest BCUT2D eigenvalue weighted by Gasteiger charge is 2.32. The molecule has 0 atom stereocenters. The van der Waals surface area contributed by atoms with Gasteiger partial charge in [-0.3, -0.25) is 0 Å². The van der Waals surface area contributed by atoms with E-state index in [0.717, 1.165) is 12.3 Å². The molecule has 0 amide bonds. The van der Waals surface area contributed by atoms with E-state index in [4.69, 9.17) is 11.6 Å². The monoisotopic (exact) mass is 273 g/mol. The molecule has 0 saturated carbocycles. The molecule has 3 nitrogen and oxygen atoms in total. The molecule has 0 radical (unpaired) electrons. The zero-order valence-corrected chi connectivity index (χ0v) is 9.63. The van der Waals surface area contributed by atoms with E-state index in [-0.39, 0.29) is 5.95 Å². The lowest BCUT2D eigenvalue weighted by Crippen LogP contribution is -2.10. The Morgan fingerprint density at radius 1 is 1.11 bits per heavy atom. The molecule has 18 heavy (non-hydrogen) atoms. The molecule has 1 aromatic carbocycles. The molecule has 2 rings (SSSR count). The molecule has 2 aromatic rings. The van der Waals surface area contributed by atoms with Crippen LogP contribution in [-0.2, 0) is 6.18 Å². The van der Waals surface area contributed by atoms with Crippen molar-refractivity contribution in [3.05, 3.63) is 47.2 Å². The molecular weight excluding hydrogens is 267 g/mol. The van der Waals surface area contributed by atoms with Crippen molar-refractivity contribution in [3.8, 4) is 0 Å². The van der Waals surface area contributed by atoms with Gasteiger partial charge in [0.1, 0.15) is 5.69 Å². The number of alkyl halides is 3. The number of hydrogen-bond acceptors (Lipinski definition) is 3. The topological polar surface area (TPSA) is 37.8 Å². The van der Waals surface area contributed by atoms with E-state index in [9.17, 15) is 13.2 Å². The van der Waals surface area contributed by atoms with Crippen LogP contribution in [0.4, 0.5) is 24.8 Å². The van der Waals surface area contributed by atoms with Crippen molar-refractivity contribution in [2.75, 3.05) is 5.32 Å². The fourth-order valence-electron chi connectivity index (χ4n) is 1.26. The van der Waals surface area contributed by atoms with E-state index in [1.54, 1.807) is 24.3 Å². The maximum absolute atomic E-state index is 12.4. The van der Waals surface area contributed by atoms with Crippen molar-refractivity contribution >= 4 is 23.2 Å². The quantitative estimate of drug-likeness (QED) is 0.902. The van der Waals surface area contributed by atoms with Crippen molar-refractivity contribution in [3.63, 3.8) is 0 Å². The summed E-state index contributed by atoms with van der Waals surface area (Å²) >= 11 is 5.86. The second kappa shape index (κ2) is 4.81. The van der Waals surface area contributed by atoms with Crippen LogP contribution in [0.5, 0.6) is 0 Å². The lowest BCUT2D eigenvalue weighted by atomic mass is 10.3. The Balaban J connectivity index is 2.28. The number of hydrogen-bond donors (Lipinski definition) is 1. The second-order valence-corrected chi connectivity index (χ2v) is 3.78. The summed E-state index contributed by atoms with van der Waals surface area (Å²) in [4.78, 5) is 7.08. The Labute approximate surface area is 106 Å². The molecule has 1 aromatic heterocycles. The van der Waals surface area contributed by atoms with Gasteiger partial charge in [0.15, 0.2) is 0 Å². The van der Waals surface area contributed by atoms with E-state index in [2.05, 4.69) is 15.3 Å². The van der Waals surface area contributed by atoms with Crippen LogP contribution >= 0.6 is 11.6 Å². The van der Waals surface area contributed by atoms with Gasteiger partial charge in [0.2, 0.25) is 5.95 Å². The zero-order chi connectivity index (χ0) is 13.2. The van der Waals surface area contributed by atoms with Crippen molar-refractivity contribution in [2.24, 2.45) is 0 Å². The van der Waals surface area contributed by atoms with E-state index < -0.39 is 11.9 Å². The van der Waals surface area contributed by atoms with Crippen LogP contribution < -0.4 is 5.32 Å². The van der Waals surface area contributed by atoms with Crippen molar-refractivity contribution in [1.29, 1.82) is 0 Å². The van der Waals surface area contributed by atoms with Crippen molar-refractivity contribution in [2.45, 2.75) is 6.18 Å². The molecule has 0 fully saturated rings. The van der Waals surface area contributed by atoms with Gasteiger partial charge in [-0.15, -0.1) is 0 Å². The molecule has 0 unspecified atom stereocenters. The smallest absolute Gasteiger partial charge is 0.323 e. The maximum atomic E-state index is 12.4. The minimum absolute atomic E-state index is 0.155. The van der Waals surface area contributed by atoms with Gasteiger partial charge < -0.3 is 5.32 Å². The summed E-state index contributed by atoms with van der Waals surface area (Å²) < 4.78 is 37.3. The van der Waals surface area contributed by atoms with E-state index in [1.807, 2.05) is 0 Å². The first-order chi connectivity index (χ1) is 8.47. The average molecular weight is 274 g/mol. The van der Waals surface area contributed by atoms with E-state index in [0.29, 0.717) is 10.7 Å². The highest BCUT2D eigenvalue weighted by molar-refractivity contribution is 6.33. The number of nitrogens with one attached hydrogen (secondary N) is 1. The molecule has 0 aliphatic rings. The van der Waals surface area contributed by atoms with Gasteiger partial charge in [0, 0.05) is 6.20 Å². The standard InChI is InChI=1S/C11H7ClF3N3/c12-7-3-1-2-4-8(7)17-10-16-6-5-9(18-10)11(13,14)15/h1-6H,(H,16,17,18). The van der Waals surface area contributed by atoms with Gasteiger partial charge in [-0.25, -0.2) is 9.97 Å². The largest absolute Gasteiger partial charge is 0.433 e. The lowest BCUT2D eigenvalue weighted by molar-refractivity contribution is -0.141. The van der Waals surface area contributed by atoms with Crippen LogP contribution in [0.2, 0.25) is 5.02 Å². The highest BCUT2D eigenvalue weighted by atomic mass is 35.5. The fraction of sp³-hybridized carbons (Fsp3) is 0.0909. The first-order valence-electron chi connectivity index (χ1n) is 4.88. The Bertz CT molecular complexity index is 557. The summed E-state index contributed by atoms with van der Waals surface area (Å²) in [5, 5.41) is 3.00. The maximum Gasteiger partial charge on any atom is 0.433 e. The number of halogens is 4. The molecule has 94 valence electrons. The number of nitrogens with zero attached hydrogens (tertiary/aromatic N) is 2. The minimum atomic E-state index is -4.50. The van der Waals surface area contributed by atoms with Crippen LogP contribution in [0.3, 0.4) is 0 Å². The summed E-state index contributed by atoms with van der Waals surface area (Å²) in [6.07, 6.45) is -3.46. The van der Waals surface area contributed by atoms with E-state index in [1.165, 1.54) is 0 Å². The first-order valence-corrected chi connectivity index (χ1v) is 5.26. The van der Waals surface area contributed by atoms with Gasteiger partial charge in [0.05, 0.1) is 10.7 Å². The molecule has 1 N–H and O–H groups in total. The van der Waals surface area contributed by atoms with Crippen molar-refractivity contribution < 1.29 is 13.2 Å². The normalized spacial score (nSPS) is 11.3. The molecule has 7 heteroatoms. The first kappa shape index (κ1) is 12.6. The van der Waals surface area contributed by atoms with Crippen LogP contribution in [0.1, 0.15) is 5.69 Å². The van der Waals surface area contributed by atoms with Crippen LogP contribution in [0.25, 0.3) is 0 Å². The highest BCUT2D eigenvalue weighted by Crippen LogP contribution is 2.29.